The van der Waals surface area contributed by atoms with Crippen LogP contribution in [0, 0.1) is 0 Å². The lowest BCUT2D eigenvalue weighted by Gasteiger charge is -2.01. The maximum atomic E-state index is 2.21. The van der Waals surface area contributed by atoms with E-state index in [9.17, 15) is 0 Å². The molecule has 0 saturated heterocycles. The van der Waals surface area contributed by atoms with E-state index in [0.717, 1.165) is 9.68 Å². The van der Waals surface area contributed by atoms with Gasteiger partial charge in [-0.1, -0.05) is 6.92 Å². The van der Waals surface area contributed by atoms with E-state index in [1.807, 2.05) is 0 Å². The fraction of sp³-hybridized carbons (Fsp3) is 1.00. The predicted octanol–water partition coefficient (Wildman–Crippen LogP) is 0.605. The second kappa shape index (κ2) is 3.37. The molecule has 0 aliphatic heterocycles. The van der Waals surface area contributed by atoms with Crippen LogP contribution < -0.4 is 0 Å². The van der Waals surface area contributed by atoms with Gasteiger partial charge in [0.1, 0.15) is 9.68 Å². The predicted molar refractivity (Wildman–Crippen MR) is 29.9 cm³/mol. The molecular formula is C4H11NSi. The lowest BCUT2D eigenvalue weighted by Crippen LogP contribution is -2.15. The molecule has 2 radical (unpaired) electrons. The average molecular weight is 101 g/mol. The molecule has 0 spiro atoms. The molecule has 0 rings (SSSR count). The van der Waals surface area contributed by atoms with Crippen molar-refractivity contribution < 1.29 is 0 Å². The summed E-state index contributed by atoms with van der Waals surface area (Å²) >= 11 is 0. The van der Waals surface area contributed by atoms with E-state index < -0.39 is 0 Å². The van der Waals surface area contributed by atoms with Gasteiger partial charge in [0.25, 0.3) is 0 Å². The van der Waals surface area contributed by atoms with Gasteiger partial charge < -0.3 is 4.57 Å². The van der Waals surface area contributed by atoms with Crippen LogP contribution in [0.1, 0.15) is 6.92 Å². The highest BCUT2D eigenvalue weighted by molar-refractivity contribution is 6.31. The number of rotatable bonds is 2. The zero-order valence-corrected chi connectivity index (χ0v) is 5.65. The Kier molecular flexibility index (Phi) is 3.47. The first-order valence-corrected chi connectivity index (χ1v) is 3.33. The zero-order valence-electron chi connectivity index (χ0n) is 4.65. The Labute approximate surface area is 42.2 Å². The molecule has 0 amide bonds. The largest absolute Gasteiger partial charge is 0.331 e. The van der Waals surface area contributed by atoms with Gasteiger partial charge in [-0.05, 0) is 20.1 Å². The molecular weight excluding hydrogens is 90.1 g/mol. The molecule has 0 bridgehead atoms. The first kappa shape index (κ1) is 6.18. The Bertz CT molecular complexity index is 28.7. The Morgan fingerprint density at radius 1 is 1.50 bits per heavy atom. The van der Waals surface area contributed by atoms with Crippen LogP contribution in [0.5, 0.6) is 0 Å². The van der Waals surface area contributed by atoms with Crippen molar-refractivity contribution in [3.8, 4) is 0 Å². The summed E-state index contributed by atoms with van der Waals surface area (Å²) in [5.74, 6) is 0. The van der Waals surface area contributed by atoms with Crippen LogP contribution in [0.3, 0.4) is 0 Å². The second-order valence-electron chi connectivity index (χ2n) is 1.41. The van der Waals surface area contributed by atoms with Crippen molar-refractivity contribution >= 4 is 9.68 Å². The molecule has 0 saturated carbocycles. The standard InChI is InChI=1S/C4H11NSi/c1-4-6-5(2)3/h4H2,1-3H3. The maximum absolute atomic E-state index is 2.21. The summed E-state index contributed by atoms with van der Waals surface area (Å²) in [6, 6.07) is 1.28. The lowest BCUT2D eigenvalue weighted by molar-refractivity contribution is 0.659. The zero-order chi connectivity index (χ0) is 4.99. The van der Waals surface area contributed by atoms with E-state index >= 15 is 0 Å². The van der Waals surface area contributed by atoms with Gasteiger partial charge in [0.2, 0.25) is 0 Å². The summed E-state index contributed by atoms with van der Waals surface area (Å²) in [6.07, 6.45) is 0. The van der Waals surface area contributed by atoms with E-state index in [2.05, 4.69) is 25.6 Å². The number of nitrogens with zero attached hydrogens (tertiary/aromatic N) is 1. The Morgan fingerprint density at radius 3 is 2.00 bits per heavy atom. The normalized spacial score (nSPS) is 10.0. The molecule has 2 heteroatoms. The van der Waals surface area contributed by atoms with Crippen LogP contribution in [0.2, 0.25) is 6.04 Å². The van der Waals surface area contributed by atoms with Gasteiger partial charge in [0.05, 0.1) is 0 Å². The molecule has 0 aromatic rings. The smallest absolute Gasteiger partial charge is 0.141 e. The monoisotopic (exact) mass is 101 g/mol. The van der Waals surface area contributed by atoms with E-state index in [1.165, 1.54) is 6.04 Å². The molecule has 1 nitrogen and oxygen atoms in total. The highest BCUT2D eigenvalue weighted by Crippen LogP contribution is 1.73. The molecule has 0 aliphatic rings. The van der Waals surface area contributed by atoms with Crippen LogP contribution in [0.15, 0.2) is 0 Å². The van der Waals surface area contributed by atoms with Gasteiger partial charge in [-0.2, -0.15) is 0 Å². The van der Waals surface area contributed by atoms with Crippen LogP contribution in [-0.4, -0.2) is 28.3 Å². The SMILES string of the molecule is CC[Si]N(C)C. The quantitative estimate of drug-likeness (QED) is 0.461. The molecule has 36 valence electrons. The summed E-state index contributed by atoms with van der Waals surface area (Å²) in [5, 5.41) is 0. The molecule has 0 aromatic carbocycles. The Hall–Kier alpha value is 0.177. The summed E-state index contributed by atoms with van der Waals surface area (Å²) in [6.45, 7) is 2.19. The van der Waals surface area contributed by atoms with Crippen LogP contribution in [0.4, 0.5) is 0 Å². The molecule has 0 N–H and O–H groups in total. The molecule has 0 fully saturated rings. The second-order valence-corrected chi connectivity index (χ2v) is 3.32. The third kappa shape index (κ3) is 4.18. The minimum Gasteiger partial charge on any atom is -0.331 e. The molecule has 0 aliphatic carbocycles. The molecule has 0 unspecified atom stereocenters. The Morgan fingerprint density at radius 2 is 2.00 bits per heavy atom. The van der Waals surface area contributed by atoms with Crippen LogP contribution in [0.25, 0.3) is 0 Å². The van der Waals surface area contributed by atoms with E-state index in [0.29, 0.717) is 0 Å². The van der Waals surface area contributed by atoms with Crippen molar-refractivity contribution in [3.63, 3.8) is 0 Å². The topological polar surface area (TPSA) is 3.24 Å². The van der Waals surface area contributed by atoms with Gasteiger partial charge in [-0.3, -0.25) is 0 Å². The highest BCUT2D eigenvalue weighted by atomic mass is 28.2. The summed E-state index contributed by atoms with van der Waals surface area (Å²) < 4.78 is 2.21. The van der Waals surface area contributed by atoms with Crippen molar-refractivity contribution in [1.82, 2.24) is 4.57 Å². The third-order valence-corrected chi connectivity index (χ3v) is 1.42. The summed E-state index contributed by atoms with van der Waals surface area (Å²) in [4.78, 5) is 0. The fourth-order valence-electron chi connectivity index (χ4n) is 0.316. The minimum absolute atomic E-state index is 1.00. The van der Waals surface area contributed by atoms with Crippen molar-refractivity contribution in [3.05, 3.63) is 0 Å². The van der Waals surface area contributed by atoms with E-state index in [1.54, 1.807) is 0 Å². The Balaban J connectivity index is 2.63. The molecule has 0 atom stereocenters. The lowest BCUT2D eigenvalue weighted by atomic mass is 11.0. The van der Waals surface area contributed by atoms with Gasteiger partial charge in [0, 0.05) is 0 Å². The minimum atomic E-state index is 1.00. The van der Waals surface area contributed by atoms with E-state index in [4.69, 9.17) is 0 Å². The van der Waals surface area contributed by atoms with Gasteiger partial charge in [0.15, 0.2) is 0 Å². The number of hydrogen-bond acceptors (Lipinski definition) is 1. The maximum Gasteiger partial charge on any atom is 0.141 e. The first-order valence-electron chi connectivity index (χ1n) is 2.18. The average Bonchev–Trinajstić information content (AvgIpc) is 1.35. The van der Waals surface area contributed by atoms with Gasteiger partial charge >= 0.3 is 0 Å². The third-order valence-electron chi connectivity index (χ3n) is 0.474. The fourth-order valence-corrected chi connectivity index (χ4v) is 0.949. The molecule has 0 aromatic heterocycles. The highest BCUT2D eigenvalue weighted by Gasteiger charge is 1.82. The molecule has 6 heavy (non-hydrogen) atoms. The van der Waals surface area contributed by atoms with Crippen LogP contribution >= 0.6 is 0 Å². The number of hydrogen-bond donors (Lipinski definition) is 0. The van der Waals surface area contributed by atoms with Crippen molar-refractivity contribution in [2.24, 2.45) is 0 Å². The first-order chi connectivity index (χ1) is 2.77. The molecule has 0 heterocycles. The summed E-state index contributed by atoms with van der Waals surface area (Å²) in [7, 11) is 5.20. The van der Waals surface area contributed by atoms with Crippen molar-refractivity contribution in [1.29, 1.82) is 0 Å². The summed E-state index contributed by atoms with van der Waals surface area (Å²) in [5.41, 5.74) is 0. The van der Waals surface area contributed by atoms with Crippen LogP contribution in [-0.2, 0) is 0 Å². The van der Waals surface area contributed by atoms with Crippen molar-refractivity contribution in [2.75, 3.05) is 14.1 Å². The van der Waals surface area contributed by atoms with Crippen molar-refractivity contribution in [2.45, 2.75) is 13.0 Å². The van der Waals surface area contributed by atoms with E-state index in [-0.39, 0.29) is 0 Å². The van der Waals surface area contributed by atoms with Gasteiger partial charge in [-0.25, -0.2) is 0 Å². The van der Waals surface area contributed by atoms with Gasteiger partial charge in [-0.15, -0.1) is 0 Å².